The first-order chi connectivity index (χ1) is 12.2. The lowest BCUT2D eigenvalue weighted by Crippen LogP contribution is -2.01. The van der Waals surface area contributed by atoms with Crippen LogP contribution in [0.3, 0.4) is 0 Å². The predicted octanol–water partition coefficient (Wildman–Crippen LogP) is 5.19. The maximum Gasteiger partial charge on any atom is 0.229 e. The summed E-state index contributed by atoms with van der Waals surface area (Å²) in [5.41, 5.74) is 2.98. The van der Waals surface area contributed by atoms with Crippen LogP contribution in [0.5, 0.6) is 5.75 Å². The van der Waals surface area contributed by atoms with Crippen molar-refractivity contribution in [2.75, 3.05) is 17.7 Å². The number of benzene rings is 2. The molecule has 0 aliphatic rings. The van der Waals surface area contributed by atoms with Gasteiger partial charge < -0.3 is 15.4 Å². The minimum Gasteiger partial charge on any atom is -0.495 e. The average Bonchev–Trinajstić information content (AvgIpc) is 2.63. The van der Waals surface area contributed by atoms with Crippen LogP contribution < -0.4 is 15.4 Å². The lowest BCUT2D eigenvalue weighted by molar-refractivity contribution is 0.417. The molecule has 0 saturated carbocycles. The minimum atomic E-state index is 0.454. The van der Waals surface area contributed by atoms with Gasteiger partial charge in [-0.2, -0.15) is 4.98 Å². The number of hydrogen-bond donors (Lipinski definition) is 2. The molecule has 0 unspecified atom stereocenters. The minimum absolute atomic E-state index is 0.454. The third-order valence-electron chi connectivity index (χ3n) is 3.70. The molecule has 0 atom stereocenters. The van der Waals surface area contributed by atoms with Crippen LogP contribution in [0.1, 0.15) is 12.5 Å². The van der Waals surface area contributed by atoms with Crippen molar-refractivity contribution in [3.05, 3.63) is 65.3 Å². The number of aryl methyl sites for hydroxylation is 1. The third-order valence-corrected chi connectivity index (χ3v) is 3.93. The second-order valence-corrected chi connectivity index (χ2v) is 5.85. The fourth-order valence-corrected chi connectivity index (χ4v) is 2.53. The molecule has 25 heavy (non-hydrogen) atoms. The predicted molar refractivity (Wildman–Crippen MR) is 102 cm³/mol. The Morgan fingerprint density at radius 3 is 2.56 bits per heavy atom. The largest absolute Gasteiger partial charge is 0.495 e. The van der Waals surface area contributed by atoms with E-state index in [4.69, 9.17) is 16.3 Å². The van der Waals surface area contributed by atoms with E-state index in [9.17, 15) is 0 Å². The smallest absolute Gasteiger partial charge is 0.229 e. The van der Waals surface area contributed by atoms with Crippen molar-refractivity contribution in [3.8, 4) is 5.75 Å². The van der Waals surface area contributed by atoms with Gasteiger partial charge in [0.2, 0.25) is 5.95 Å². The Morgan fingerprint density at radius 2 is 1.84 bits per heavy atom. The van der Waals surface area contributed by atoms with Gasteiger partial charge in [-0.15, -0.1) is 0 Å². The van der Waals surface area contributed by atoms with E-state index in [1.165, 1.54) is 5.56 Å². The Balaban J connectivity index is 1.78. The quantitative estimate of drug-likeness (QED) is 0.638. The Hall–Kier alpha value is -2.79. The van der Waals surface area contributed by atoms with Gasteiger partial charge in [-0.1, -0.05) is 30.7 Å². The summed E-state index contributed by atoms with van der Waals surface area (Å²) in [7, 11) is 1.60. The topological polar surface area (TPSA) is 59.1 Å². The van der Waals surface area contributed by atoms with E-state index < -0.39 is 0 Å². The maximum atomic E-state index is 6.05. The zero-order valence-electron chi connectivity index (χ0n) is 14.1. The molecule has 0 radical (unpaired) electrons. The fourth-order valence-electron chi connectivity index (χ4n) is 2.36. The molecule has 0 spiro atoms. The van der Waals surface area contributed by atoms with E-state index in [0.29, 0.717) is 28.2 Å². The molecule has 0 aliphatic heterocycles. The molecule has 0 amide bonds. The molecule has 0 aliphatic carbocycles. The van der Waals surface area contributed by atoms with Crippen LogP contribution in [0.25, 0.3) is 0 Å². The van der Waals surface area contributed by atoms with Gasteiger partial charge in [0.1, 0.15) is 11.6 Å². The lowest BCUT2D eigenvalue weighted by Gasteiger charge is -2.11. The number of methoxy groups -OCH3 is 1. The van der Waals surface area contributed by atoms with Gasteiger partial charge in [0.25, 0.3) is 0 Å². The number of nitrogens with one attached hydrogen (secondary N) is 2. The first-order valence-corrected chi connectivity index (χ1v) is 8.35. The van der Waals surface area contributed by atoms with Crippen LogP contribution in [0, 0.1) is 0 Å². The van der Waals surface area contributed by atoms with Gasteiger partial charge in [0, 0.05) is 16.9 Å². The van der Waals surface area contributed by atoms with Crippen LogP contribution in [0.15, 0.2) is 54.7 Å². The zero-order chi connectivity index (χ0) is 17.6. The number of ether oxygens (including phenoxy) is 1. The summed E-state index contributed by atoms with van der Waals surface area (Å²) in [6.07, 6.45) is 2.71. The molecule has 0 saturated heterocycles. The van der Waals surface area contributed by atoms with E-state index in [2.05, 4.69) is 39.7 Å². The monoisotopic (exact) mass is 354 g/mol. The van der Waals surface area contributed by atoms with Crippen molar-refractivity contribution < 1.29 is 4.74 Å². The summed E-state index contributed by atoms with van der Waals surface area (Å²) in [6.45, 7) is 2.13. The van der Waals surface area contributed by atoms with Crippen molar-refractivity contribution in [1.29, 1.82) is 0 Å². The molecule has 5 nitrogen and oxygen atoms in total. The summed E-state index contributed by atoms with van der Waals surface area (Å²) in [5, 5.41) is 7.02. The van der Waals surface area contributed by atoms with Crippen molar-refractivity contribution >= 4 is 34.7 Å². The Morgan fingerprint density at radius 1 is 1.04 bits per heavy atom. The third kappa shape index (κ3) is 4.39. The zero-order valence-corrected chi connectivity index (χ0v) is 14.8. The first-order valence-electron chi connectivity index (χ1n) is 7.97. The van der Waals surface area contributed by atoms with Gasteiger partial charge in [0.15, 0.2) is 0 Å². The Bertz CT molecular complexity index is 852. The molecule has 0 bridgehead atoms. The SMILES string of the molecule is CCc1ccc(Nc2ccnc(Nc3cc(Cl)ccc3OC)n2)cc1. The molecular weight excluding hydrogens is 336 g/mol. The second kappa shape index (κ2) is 7.85. The van der Waals surface area contributed by atoms with Crippen molar-refractivity contribution in [3.63, 3.8) is 0 Å². The fraction of sp³-hybridized carbons (Fsp3) is 0.158. The number of halogens is 1. The second-order valence-electron chi connectivity index (χ2n) is 5.41. The van der Waals surface area contributed by atoms with Crippen molar-refractivity contribution in [1.82, 2.24) is 9.97 Å². The molecular formula is C19H19ClN4O. The normalized spacial score (nSPS) is 10.4. The Kier molecular flexibility index (Phi) is 5.36. The Labute approximate surface area is 152 Å². The molecule has 2 aromatic carbocycles. The van der Waals surface area contributed by atoms with E-state index in [1.54, 1.807) is 31.5 Å². The number of aromatic nitrogens is 2. The highest BCUT2D eigenvalue weighted by Crippen LogP contribution is 2.29. The molecule has 1 heterocycles. The molecule has 3 aromatic rings. The summed E-state index contributed by atoms with van der Waals surface area (Å²) in [5.74, 6) is 1.82. The van der Waals surface area contributed by atoms with Crippen LogP contribution in [0.2, 0.25) is 5.02 Å². The van der Waals surface area contributed by atoms with Crippen molar-refractivity contribution in [2.45, 2.75) is 13.3 Å². The first kappa shape index (κ1) is 17.0. The van der Waals surface area contributed by atoms with Gasteiger partial charge in [-0.05, 0) is 48.4 Å². The van der Waals surface area contributed by atoms with Crippen LogP contribution in [-0.2, 0) is 6.42 Å². The van der Waals surface area contributed by atoms with E-state index in [1.807, 2.05) is 18.2 Å². The number of rotatable bonds is 6. The molecule has 1 aromatic heterocycles. The van der Waals surface area contributed by atoms with Gasteiger partial charge in [0.05, 0.1) is 12.8 Å². The lowest BCUT2D eigenvalue weighted by atomic mass is 10.1. The molecule has 3 rings (SSSR count). The summed E-state index contributed by atoms with van der Waals surface area (Å²) in [4.78, 5) is 8.73. The van der Waals surface area contributed by atoms with Gasteiger partial charge >= 0.3 is 0 Å². The molecule has 128 valence electrons. The molecule has 6 heteroatoms. The maximum absolute atomic E-state index is 6.05. The number of nitrogens with zero attached hydrogens (tertiary/aromatic N) is 2. The summed E-state index contributed by atoms with van der Waals surface area (Å²) in [6, 6.07) is 15.4. The highest BCUT2D eigenvalue weighted by molar-refractivity contribution is 6.31. The number of hydrogen-bond acceptors (Lipinski definition) is 5. The summed E-state index contributed by atoms with van der Waals surface area (Å²) < 4.78 is 5.33. The van der Waals surface area contributed by atoms with Gasteiger partial charge in [-0.25, -0.2) is 4.98 Å². The summed E-state index contributed by atoms with van der Waals surface area (Å²) >= 11 is 6.05. The average molecular weight is 355 g/mol. The van der Waals surface area contributed by atoms with E-state index in [0.717, 1.165) is 12.1 Å². The number of anilines is 4. The van der Waals surface area contributed by atoms with Crippen LogP contribution in [0.4, 0.5) is 23.1 Å². The highest BCUT2D eigenvalue weighted by Gasteiger charge is 2.07. The van der Waals surface area contributed by atoms with E-state index in [-0.39, 0.29) is 0 Å². The van der Waals surface area contributed by atoms with Crippen LogP contribution in [-0.4, -0.2) is 17.1 Å². The van der Waals surface area contributed by atoms with Crippen LogP contribution >= 0.6 is 11.6 Å². The molecule has 0 fully saturated rings. The highest BCUT2D eigenvalue weighted by atomic mass is 35.5. The standard InChI is InChI=1S/C19H19ClN4O/c1-3-13-4-7-15(8-5-13)22-18-10-11-21-19(24-18)23-16-12-14(20)6-9-17(16)25-2/h4-12H,3H2,1-2H3,(H2,21,22,23,24). The van der Waals surface area contributed by atoms with Gasteiger partial charge in [-0.3, -0.25) is 0 Å². The molecule has 2 N–H and O–H groups in total. The van der Waals surface area contributed by atoms with Crippen molar-refractivity contribution in [2.24, 2.45) is 0 Å². The van der Waals surface area contributed by atoms with E-state index >= 15 is 0 Å².